The third-order valence-electron chi connectivity index (χ3n) is 5.86. The molecule has 2 aromatic rings. The predicted octanol–water partition coefficient (Wildman–Crippen LogP) is 2.46. The smallest absolute Gasteiger partial charge is 0.244 e. The number of hydrogen-bond acceptors (Lipinski definition) is 5. The summed E-state index contributed by atoms with van der Waals surface area (Å²) in [6, 6.07) is 17.0. The standard InChI is InChI=1S/C22H26ClN3O3S/c23-19-7-4-8-20(17-19)24-9-11-26(12-10-24)22(27)21(18-5-2-1-3-6-18)25-13-15-30(28,29)16-14-25/h1-8,17,21H,9-16H2. The number of halogens is 1. The molecule has 160 valence electrons. The summed E-state index contributed by atoms with van der Waals surface area (Å²) in [6.45, 7) is 3.50. The molecule has 8 heteroatoms. The van der Waals surface area contributed by atoms with Crippen molar-refractivity contribution in [2.45, 2.75) is 6.04 Å². The average Bonchev–Trinajstić information content (AvgIpc) is 2.76. The number of piperazine rings is 1. The van der Waals surface area contributed by atoms with Crippen LogP contribution in [0.4, 0.5) is 5.69 Å². The highest BCUT2D eigenvalue weighted by Crippen LogP contribution is 2.27. The maximum absolute atomic E-state index is 13.6. The van der Waals surface area contributed by atoms with Crippen LogP contribution in [0.5, 0.6) is 0 Å². The molecule has 0 aliphatic carbocycles. The van der Waals surface area contributed by atoms with Gasteiger partial charge in [0.1, 0.15) is 6.04 Å². The van der Waals surface area contributed by atoms with Crippen LogP contribution >= 0.6 is 11.6 Å². The number of sulfone groups is 1. The molecule has 1 amide bonds. The molecule has 2 aliphatic heterocycles. The number of hydrogen-bond donors (Lipinski definition) is 0. The van der Waals surface area contributed by atoms with Crippen molar-refractivity contribution in [3.8, 4) is 0 Å². The summed E-state index contributed by atoms with van der Waals surface area (Å²) in [5, 5.41) is 0.704. The van der Waals surface area contributed by atoms with Gasteiger partial charge in [0.25, 0.3) is 0 Å². The van der Waals surface area contributed by atoms with E-state index in [0.29, 0.717) is 31.2 Å². The summed E-state index contributed by atoms with van der Waals surface area (Å²) in [5.74, 6) is 0.254. The van der Waals surface area contributed by atoms with E-state index in [9.17, 15) is 13.2 Å². The van der Waals surface area contributed by atoms with Gasteiger partial charge in [-0.25, -0.2) is 8.42 Å². The number of carbonyl (C=O) groups is 1. The molecule has 30 heavy (non-hydrogen) atoms. The summed E-state index contributed by atoms with van der Waals surface area (Å²) in [7, 11) is -3.01. The van der Waals surface area contributed by atoms with Gasteiger partial charge in [-0.15, -0.1) is 0 Å². The second-order valence-corrected chi connectivity index (χ2v) is 10.5. The lowest BCUT2D eigenvalue weighted by Gasteiger charge is -2.40. The van der Waals surface area contributed by atoms with Crippen LogP contribution in [0.1, 0.15) is 11.6 Å². The first-order valence-corrected chi connectivity index (χ1v) is 12.4. The number of nitrogens with zero attached hydrogens (tertiary/aromatic N) is 3. The number of benzene rings is 2. The summed E-state index contributed by atoms with van der Waals surface area (Å²) >= 11 is 6.12. The Labute approximate surface area is 182 Å². The number of rotatable bonds is 4. The molecular weight excluding hydrogens is 422 g/mol. The Morgan fingerprint density at radius 3 is 2.17 bits per heavy atom. The van der Waals surface area contributed by atoms with Crippen molar-refractivity contribution >= 4 is 33.0 Å². The molecule has 6 nitrogen and oxygen atoms in total. The van der Waals surface area contributed by atoms with Crippen LogP contribution in [0, 0.1) is 0 Å². The molecule has 2 fully saturated rings. The summed E-state index contributed by atoms with van der Waals surface area (Å²) < 4.78 is 23.8. The third kappa shape index (κ3) is 4.79. The van der Waals surface area contributed by atoms with Crippen LogP contribution in [-0.4, -0.2) is 74.9 Å². The molecular formula is C22H26ClN3O3S. The van der Waals surface area contributed by atoms with Crippen LogP contribution in [0.25, 0.3) is 0 Å². The van der Waals surface area contributed by atoms with Crippen LogP contribution in [-0.2, 0) is 14.6 Å². The molecule has 0 bridgehead atoms. The minimum Gasteiger partial charge on any atom is -0.368 e. The first-order chi connectivity index (χ1) is 14.4. The molecule has 0 saturated carbocycles. The quantitative estimate of drug-likeness (QED) is 0.720. The fraction of sp³-hybridized carbons (Fsp3) is 0.409. The van der Waals surface area contributed by atoms with Gasteiger partial charge in [-0.2, -0.15) is 0 Å². The summed E-state index contributed by atoms with van der Waals surface area (Å²) in [4.78, 5) is 19.7. The first-order valence-electron chi connectivity index (χ1n) is 10.2. The van der Waals surface area contributed by atoms with Crippen molar-refractivity contribution in [1.29, 1.82) is 0 Å². The minimum absolute atomic E-state index is 0.0474. The van der Waals surface area contributed by atoms with Gasteiger partial charge in [-0.3, -0.25) is 9.69 Å². The Kier molecular flexibility index (Phi) is 6.32. The van der Waals surface area contributed by atoms with Crippen LogP contribution in [0.3, 0.4) is 0 Å². The van der Waals surface area contributed by atoms with Gasteiger partial charge in [0.2, 0.25) is 5.91 Å². The molecule has 2 heterocycles. The molecule has 4 rings (SSSR count). The molecule has 0 radical (unpaired) electrons. The van der Waals surface area contributed by atoms with Gasteiger partial charge in [0, 0.05) is 50.0 Å². The zero-order chi connectivity index (χ0) is 21.1. The Hall–Kier alpha value is -2.09. The van der Waals surface area contributed by atoms with E-state index in [1.54, 1.807) is 0 Å². The zero-order valence-electron chi connectivity index (χ0n) is 16.8. The van der Waals surface area contributed by atoms with Gasteiger partial charge in [0.05, 0.1) is 11.5 Å². The minimum atomic E-state index is -3.01. The SMILES string of the molecule is O=C(C(c1ccccc1)N1CCS(=O)(=O)CC1)N1CCN(c2cccc(Cl)c2)CC1. The lowest BCUT2D eigenvalue weighted by Crippen LogP contribution is -2.54. The van der Waals surface area contributed by atoms with Crippen molar-refractivity contribution in [3.63, 3.8) is 0 Å². The monoisotopic (exact) mass is 447 g/mol. The largest absolute Gasteiger partial charge is 0.368 e. The van der Waals surface area contributed by atoms with E-state index in [4.69, 9.17) is 11.6 Å². The molecule has 2 aliphatic rings. The highest BCUT2D eigenvalue weighted by Gasteiger charge is 2.35. The van der Waals surface area contributed by atoms with Gasteiger partial charge in [-0.05, 0) is 23.8 Å². The summed E-state index contributed by atoms with van der Waals surface area (Å²) in [5.41, 5.74) is 1.98. The Bertz CT molecular complexity index is 978. The van der Waals surface area contributed by atoms with Gasteiger partial charge >= 0.3 is 0 Å². The molecule has 1 atom stereocenters. The first kappa shape index (κ1) is 21.2. The molecule has 2 saturated heterocycles. The summed E-state index contributed by atoms with van der Waals surface area (Å²) in [6.07, 6.45) is 0. The number of anilines is 1. The van der Waals surface area contributed by atoms with Gasteiger partial charge < -0.3 is 9.80 Å². The van der Waals surface area contributed by atoms with E-state index in [2.05, 4.69) is 4.90 Å². The second kappa shape index (κ2) is 8.96. The van der Waals surface area contributed by atoms with Gasteiger partial charge in [-0.1, -0.05) is 48.0 Å². The molecule has 1 unspecified atom stereocenters. The maximum Gasteiger partial charge on any atom is 0.244 e. The van der Waals surface area contributed by atoms with Crippen molar-refractivity contribution in [1.82, 2.24) is 9.80 Å². The van der Waals surface area contributed by atoms with E-state index in [1.165, 1.54) is 0 Å². The van der Waals surface area contributed by atoms with E-state index in [1.807, 2.05) is 64.4 Å². The maximum atomic E-state index is 13.6. The number of amides is 1. The topological polar surface area (TPSA) is 60.9 Å². The lowest BCUT2D eigenvalue weighted by atomic mass is 10.0. The molecule has 0 aromatic heterocycles. The Morgan fingerprint density at radius 1 is 0.867 bits per heavy atom. The second-order valence-electron chi connectivity index (χ2n) is 7.79. The normalized spacial score (nSPS) is 20.7. The van der Waals surface area contributed by atoms with E-state index in [-0.39, 0.29) is 17.4 Å². The number of carbonyl (C=O) groups excluding carboxylic acids is 1. The highest BCUT2D eigenvalue weighted by atomic mass is 35.5. The predicted molar refractivity (Wildman–Crippen MR) is 120 cm³/mol. The van der Waals surface area contributed by atoms with E-state index in [0.717, 1.165) is 24.3 Å². The third-order valence-corrected chi connectivity index (χ3v) is 7.70. The van der Waals surface area contributed by atoms with E-state index >= 15 is 0 Å². The van der Waals surface area contributed by atoms with Crippen LogP contribution < -0.4 is 4.90 Å². The fourth-order valence-electron chi connectivity index (χ4n) is 4.16. The molecule has 2 aromatic carbocycles. The molecule has 0 spiro atoms. The van der Waals surface area contributed by atoms with Gasteiger partial charge in [0.15, 0.2) is 9.84 Å². The van der Waals surface area contributed by atoms with Crippen molar-refractivity contribution in [2.75, 3.05) is 55.7 Å². The van der Waals surface area contributed by atoms with Crippen molar-refractivity contribution in [2.24, 2.45) is 0 Å². The lowest BCUT2D eigenvalue weighted by molar-refractivity contribution is -0.137. The Morgan fingerprint density at radius 2 is 1.53 bits per heavy atom. The average molecular weight is 448 g/mol. The van der Waals surface area contributed by atoms with Crippen molar-refractivity contribution in [3.05, 3.63) is 65.2 Å². The Balaban J connectivity index is 1.48. The molecule has 0 N–H and O–H groups in total. The van der Waals surface area contributed by atoms with E-state index < -0.39 is 15.9 Å². The zero-order valence-corrected chi connectivity index (χ0v) is 18.4. The van der Waals surface area contributed by atoms with Crippen molar-refractivity contribution < 1.29 is 13.2 Å². The van der Waals surface area contributed by atoms with Crippen LogP contribution in [0.2, 0.25) is 5.02 Å². The highest BCUT2D eigenvalue weighted by molar-refractivity contribution is 7.91. The van der Waals surface area contributed by atoms with Crippen LogP contribution in [0.15, 0.2) is 54.6 Å². The fourth-order valence-corrected chi connectivity index (χ4v) is 5.57.